The summed E-state index contributed by atoms with van der Waals surface area (Å²) in [6.45, 7) is 5.31. The second-order valence-electron chi connectivity index (χ2n) is 3.23. The molecule has 0 aromatic heterocycles. The van der Waals surface area contributed by atoms with Crippen molar-refractivity contribution in [1.82, 2.24) is 0 Å². The van der Waals surface area contributed by atoms with Gasteiger partial charge >= 0.3 is 5.97 Å². The van der Waals surface area contributed by atoms with E-state index in [1.165, 1.54) is 0 Å². The lowest BCUT2D eigenvalue weighted by Gasteiger charge is -2.42. The van der Waals surface area contributed by atoms with Crippen LogP contribution in [0.2, 0.25) is 0 Å². The summed E-state index contributed by atoms with van der Waals surface area (Å²) in [5, 5.41) is 17.8. The van der Waals surface area contributed by atoms with Crippen molar-refractivity contribution < 1.29 is 15.0 Å². The summed E-state index contributed by atoms with van der Waals surface area (Å²) in [6, 6.07) is 0. The molecule has 0 unspecified atom stereocenters. The molecule has 0 spiro atoms. The Morgan fingerprint density at radius 1 is 1.64 bits per heavy atom. The molecule has 0 heterocycles. The van der Waals surface area contributed by atoms with Crippen LogP contribution in [0.25, 0.3) is 0 Å². The second-order valence-corrected chi connectivity index (χ2v) is 3.23. The van der Waals surface area contributed by atoms with Crippen LogP contribution in [0, 0.1) is 5.41 Å². The first-order chi connectivity index (χ1) is 4.99. The van der Waals surface area contributed by atoms with Crippen LogP contribution in [0.3, 0.4) is 0 Å². The van der Waals surface area contributed by atoms with Crippen LogP contribution in [-0.2, 0) is 4.79 Å². The number of carboxylic acids is 1. The van der Waals surface area contributed by atoms with E-state index in [4.69, 9.17) is 10.2 Å². The van der Waals surface area contributed by atoms with Crippen LogP contribution in [0.5, 0.6) is 0 Å². The van der Waals surface area contributed by atoms with Crippen LogP contribution in [0.1, 0.15) is 19.8 Å². The molecule has 1 aliphatic carbocycles. The van der Waals surface area contributed by atoms with Gasteiger partial charge in [-0.25, -0.2) is 0 Å². The second kappa shape index (κ2) is 2.34. The topological polar surface area (TPSA) is 57.5 Å². The lowest BCUT2D eigenvalue weighted by molar-refractivity contribution is -0.158. The predicted molar refractivity (Wildman–Crippen MR) is 40.1 cm³/mol. The SMILES string of the molecule is C=C(C)C1(C(=O)O)CC(O)C1. The number of aliphatic carboxylic acids is 1. The van der Waals surface area contributed by atoms with E-state index >= 15 is 0 Å². The Morgan fingerprint density at radius 3 is 2.18 bits per heavy atom. The number of aliphatic hydroxyl groups excluding tert-OH is 1. The number of aliphatic hydroxyl groups is 1. The Balaban J connectivity index is 2.77. The largest absolute Gasteiger partial charge is 0.481 e. The molecule has 62 valence electrons. The zero-order valence-electron chi connectivity index (χ0n) is 6.50. The molecule has 0 amide bonds. The highest BCUT2D eigenvalue weighted by molar-refractivity contribution is 5.79. The van der Waals surface area contributed by atoms with E-state index in [0.29, 0.717) is 18.4 Å². The summed E-state index contributed by atoms with van der Waals surface area (Å²) in [4.78, 5) is 10.7. The summed E-state index contributed by atoms with van der Waals surface area (Å²) in [7, 11) is 0. The highest BCUT2D eigenvalue weighted by Gasteiger charge is 2.50. The Kier molecular flexibility index (Phi) is 1.76. The fourth-order valence-corrected chi connectivity index (χ4v) is 1.45. The van der Waals surface area contributed by atoms with E-state index in [1.807, 2.05) is 0 Å². The number of carbonyl (C=O) groups is 1. The summed E-state index contributed by atoms with van der Waals surface area (Å²) < 4.78 is 0. The fourth-order valence-electron chi connectivity index (χ4n) is 1.45. The van der Waals surface area contributed by atoms with Crippen LogP contribution in [0.4, 0.5) is 0 Å². The molecule has 0 radical (unpaired) electrons. The molecule has 0 bridgehead atoms. The van der Waals surface area contributed by atoms with Crippen molar-refractivity contribution in [3.63, 3.8) is 0 Å². The third-order valence-corrected chi connectivity index (χ3v) is 2.39. The minimum atomic E-state index is -0.865. The Labute approximate surface area is 65.3 Å². The van der Waals surface area contributed by atoms with E-state index in [9.17, 15) is 4.79 Å². The first kappa shape index (κ1) is 8.27. The molecule has 2 N–H and O–H groups in total. The lowest BCUT2D eigenvalue weighted by Crippen LogP contribution is -2.47. The van der Waals surface area contributed by atoms with Gasteiger partial charge in [0.1, 0.15) is 0 Å². The Hall–Kier alpha value is -0.830. The molecule has 0 atom stereocenters. The quantitative estimate of drug-likeness (QED) is 0.581. The molecule has 1 aliphatic rings. The van der Waals surface area contributed by atoms with E-state index in [1.54, 1.807) is 6.92 Å². The third-order valence-electron chi connectivity index (χ3n) is 2.39. The van der Waals surface area contributed by atoms with Gasteiger partial charge in [-0.15, -0.1) is 0 Å². The normalized spacial score (nSPS) is 36.0. The third kappa shape index (κ3) is 1.05. The van der Waals surface area contributed by atoms with Crippen molar-refractivity contribution in [2.24, 2.45) is 5.41 Å². The number of hydrogen-bond donors (Lipinski definition) is 2. The molecule has 0 aromatic carbocycles. The minimum Gasteiger partial charge on any atom is -0.481 e. The average Bonchev–Trinajstić information content (AvgIpc) is 1.78. The van der Waals surface area contributed by atoms with Crippen LogP contribution >= 0.6 is 0 Å². The first-order valence-electron chi connectivity index (χ1n) is 3.56. The molecule has 3 heteroatoms. The van der Waals surface area contributed by atoms with Crippen molar-refractivity contribution >= 4 is 5.97 Å². The van der Waals surface area contributed by atoms with Gasteiger partial charge in [0, 0.05) is 0 Å². The summed E-state index contributed by atoms with van der Waals surface area (Å²) >= 11 is 0. The van der Waals surface area contributed by atoms with Gasteiger partial charge in [-0.2, -0.15) is 0 Å². The summed E-state index contributed by atoms with van der Waals surface area (Å²) in [6.07, 6.45) is 0.179. The van der Waals surface area contributed by atoms with Crippen molar-refractivity contribution in [1.29, 1.82) is 0 Å². The fraction of sp³-hybridized carbons (Fsp3) is 0.625. The molecule has 0 aliphatic heterocycles. The lowest BCUT2D eigenvalue weighted by atomic mass is 9.63. The maximum atomic E-state index is 10.7. The molecule has 0 aromatic rings. The van der Waals surface area contributed by atoms with Gasteiger partial charge in [0.05, 0.1) is 11.5 Å². The van der Waals surface area contributed by atoms with E-state index < -0.39 is 17.5 Å². The zero-order chi connectivity index (χ0) is 8.65. The summed E-state index contributed by atoms with van der Waals surface area (Å²) in [5.74, 6) is -0.865. The maximum absolute atomic E-state index is 10.7. The molecule has 11 heavy (non-hydrogen) atoms. The zero-order valence-corrected chi connectivity index (χ0v) is 6.50. The highest BCUT2D eigenvalue weighted by Crippen LogP contribution is 2.46. The van der Waals surface area contributed by atoms with Crippen molar-refractivity contribution in [3.8, 4) is 0 Å². The molecular weight excluding hydrogens is 144 g/mol. The van der Waals surface area contributed by atoms with Crippen LogP contribution in [0.15, 0.2) is 12.2 Å². The Bertz CT molecular complexity index is 185. The Morgan fingerprint density at radius 2 is 2.09 bits per heavy atom. The molecule has 0 saturated heterocycles. The summed E-state index contributed by atoms with van der Waals surface area (Å²) in [5.41, 5.74) is -0.199. The highest BCUT2D eigenvalue weighted by atomic mass is 16.4. The van der Waals surface area contributed by atoms with Crippen LogP contribution < -0.4 is 0 Å². The van der Waals surface area contributed by atoms with Crippen molar-refractivity contribution in [3.05, 3.63) is 12.2 Å². The van der Waals surface area contributed by atoms with E-state index in [-0.39, 0.29) is 0 Å². The van der Waals surface area contributed by atoms with E-state index in [2.05, 4.69) is 6.58 Å². The van der Waals surface area contributed by atoms with E-state index in [0.717, 1.165) is 0 Å². The first-order valence-corrected chi connectivity index (χ1v) is 3.56. The van der Waals surface area contributed by atoms with Gasteiger partial charge in [-0.3, -0.25) is 4.79 Å². The van der Waals surface area contributed by atoms with Crippen molar-refractivity contribution in [2.75, 3.05) is 0 Å². The van der Waals surface area contributed by atoms with Crippen LogP contribution in [-0.4, -0.2) is 22.3 Å². The molecule has 1 rings (SSSR count). The monoisotopic (exact) mass is 156 g/mol. The molecule has 3 nitrogen and oxygen atoms in total. The standard InChI is InChI=1S/C8H12O3/c1-5(2)8(7(10)11)3-6(9)4-8/h6,9H,1,3-4H2,2H3,(H,10,11). The van der Waals surface area contributed by atoms with Gasteiger partial charge in [0.2, 0.25) is 0 Å². The van der Waals surface area contributed by atoms with Gasteiger partial charge in [0.25, 0.3) is 0 Å². The van der Waals surface area contributed by atoms with Crippen molar-refractivity contribution in [2.45, 2.75) is 25.9 Å². The molecule has 1 saturated carbocycles. The smallest absolute Gasteiger partial charge is 0.313 e. The molecular formula is C8H12O3. The van der Waals surface area contributed by atoms with Gasteiger partial charge in [-0.05, 0) is 19.8 Å². The average molecular weight is 156 g/mol. The minimum absolute atomic E-state index is 0.317. The number of rotatable bonds is 2. The number of hydrogen-bond acceptors (Lipinski definition) is 2. The van der Waals surface area contributed by atoms with Gasteiger partial charge in [0.15, 0.2) is 0 Å². The maximum Gasteiger partial charge on any atom is 0.313 e. The number of carboxylic acid groups (broad SMARTS) is 1. The van der Waals surface area contributed by atoms with Gasteiger partial charge < -0.3 is 10.2 Å². The molecule has 1 fully saturated rings. The predicted octanol–water partition coefficient (Wildman–Crippen LogP) is 0.788. The van der Waals surface area contributed by atoms with Gasteiger partial charge in [-0.1, -0.05) is 12.2 Å².